The Hall–Kier alpha value is -2.44. The molecule has 2 N–H and O–H groups in total. The third-order valence-corrected chi connectivity index (χ3v) is 3.80. The molecule has 0 aliphatic carbocycles. The van der Waals surface area contributed by atoms with Gasteiger partial charge in [-0.2, -0.15) is 5.10 Å². The standard InChI is InChI=1S/C17H14ClFN4S/c18-15-3-1-2-4-16(15)22-17(24)21-14-9-20-23(11-14)10-12-5-7-13(19)8-6-12/h1-9,11H,10H2,(H2,21,22,24). The first-order valence-electron chi connectivity index (χ1n) is 7.19. The molecule has 0 bridgehead atoms. The fraction of sp³-hybridized carbons (Fsp3) is 0.0588. The second kappa shape index (κ2) is 7.42. The van der Waals surface area contributed by atoms with Crippen molar-refractivity contribution in [3.63, 3.8) is 0 Å². The van der Waals surface area contributed by atoms with Crippen LogP contribution in [0.1, 0.15) is 5.56 Å². The monoisotopic (exact) mass is 360 g/mol. The molecular formula is C17H14ClFN4S. The van der Waals surface area contributed by atoms with Crippen LogP contribution in [0.15, 0.2) is 60.9 Å². The Morgan fingerprint density at radius 2 is 1.88 bits per heavy atom. The first kappa shape index (κ1) is 16.4. The van der Waals surface area contributed by atoms with E-state index in [-0.39, 0.29) is 5.82 Å². The molecule has 0 aliphatic rings. The van der Waals surface area contributed by atoms with E-state index in [2.05, 4.69) is 15.7 Å². The van der Waals surface area contributed by atoms with Crippen LogP contribution in [-0.4, -0.2) is 14.9 Å². The second-order valence-corrected chi connectivity index (χ2v) is 5.93. The molecule has 4 nitrogen and oxygen atoms in total. The zero-order valence-electron chi connectivity index (χ0n) is 12.5. The summed E-state index contributed by atoms with van der Waals surface area (Å²) >= 11 is 11.4. The number of nitrogens with zero attached hydrogens (tertiary/aromatic N) is 2. The molecular weight excluding hydrogens is 347 g/mol. The normalized spacial score (nSPS) is 10.4. The summed E-state index contributed by atoms with van der Waals surface area (Å²) in [5, 5.41) is 11.4. The van der Waals surface area contributed by atoms with E-state index in [0.717, 1.165) is 16.9 Å². The van der Waals surface area contributed by atoms with Crippen LogP contribution in [0.25, 0.3) is 0 Å². The Bertz CT molecular complexity index is 848. The number of rotatable bonds is 4. The summed E-state index contributed by atoms with van der Waals surface area (Å²) in [6.45, 7) is 0.548. The van der Waals surface area contributed by atoms with Crippen molar-refractivity contribution >= 4 is 40.3 Å². The largest absolute Gasteiger partial charge is 0.331 e. The highest BCUT2D eigenvalue weighted by molar-refractivity contribution is 7.80. The Morgan fingerprint density at radius 1 is 1.12 bits per heavy atom. The van der Waals surface area contributed by atoms with E-state index in [1.54, 1.807) is 29.1 Å². The first-order chi connectivity index (χ1) is 11.6. The first-order valence-corrected chi connectivity index (χ1v) is 7.98. The van der Waals surface area contributed by atoms with Crippen molar-refractivity contribution in [2.24, 2.45) is 0 Å². The summed E-state index contributed by atoms with van der Waals surface area (Å²) in [6.07, 6.45) is 3.49. The Labute approximate surface area is 149 Å². The third kappa shape index (κ3) is 4.31. The van der Waals surface area contributed by atoms with E-state index in [1.165, 1.54) is 12.1 Å². The average Bonchev–Trinajstić information content (AvgIpc) is 2.99. The minimum atomic E-state index is -0.252. The average molecular weight is 361 g/mol. The number of benzene rings is 2. The topological polar surface area (TPSA) is 41.9 Å². The van der Waals surface area contributed by atoms with Crippen molar-refractivity contribution in [1.29, 1.82) is 0 Å². The lowest BCUT2D eigenvalue weighted by Gasteiger charge is -2.10. The maximum Gasteiger partial charge on any atom is 0.175 e. The molecule has 3 aromatic rings. The smallest absolute Gasteiger partial charge is 0.175 e. The fourth-order valence-electron chi connectivity index (χ4n) is 2.14. The Morgan fingerprint density at radius 3 is 2.62 bits per heavy atom. The lowest BCUT2D eigenvalue weighted by molar-refractivity contribution is 0.624. The summed E-state index contributed by atoms with van der Waals surface area (Å²) < 4.78 is 14.7. The van der Waals surface area contributed by atoms with Gasteiger partial charge < -0.3 is 10.6 Å². The molecule has 0 amide bonds. The van der Waals surface area contributed by atoms with E-state index in [0.29, 0.717) is 16.7 Å². The molecule has 0 saturated carbocycles. The van der Waals surface area contributed by atoms with Gasteiger partial charge in [0, 0.05) is 6.20 Å². The van der Waals surface area contributed by atoms with Crippen molar-refractivity contribution in [3.05, 3.63) is 77.3 Å². The number of aromatic nitrogens is 2. The van der Waals surface area contributed by atoms with Crippen LogP contribution in [0.3, 0.4) is 0 Å². The number of thiocarbonyl (C=S) groups is 1. The van der Waals surface area contributed by atoms with Gasteiger partial charge in [-0.1, -0.05) is 35.9 Å². The second-order valence-electron chi connectivity index (χ2n) is 5.11. The molecule has 0 unspecified atom stereocenters. The highest BCUT2D eigenvalue weighted by Crippen LogP contribution is 2.20. The molecule has 0 fully saturated rings. The molecule has 1 aromatic heterocycles. The van der Waals surface area contributed by atoms with Gasteiger partial charge in [-0.15, -0.1) is 0 Å². The zero-order valence-corrected chi connectivity index (χ0v) is 14.1. The van der Waals surface area contributed by atoms with E-state index in [4.69, 9.17) is 23.8 Å². The van der Waals surface area contributed by atoms with E-state index in [1.807, 2.05) is 24.4 Å². The number of nitrogens with one attached hydrogen (secondary N) is 2. The molecule has 3 rings (SSSR count). The minimum absolute atomic E-state index is 0.252. The van der Waals surface area contributed by atoms with Gasteiger partial charge in [0.15, 0.2) is 5.11 Å². The number of halogens is 2. The lowest BCUT2D eigenvalue weighted by atomic mass is 10.2. The van der Waals surface area contributed by atoms with Crippen molar-refractivity contribution < 1.29 is 4.39 Å². The van der Waals surface area contributed by atoms with Crippen molar-refractivity contribution in [2.75, 3.05) is 10.6 Å². The predicted molar refractivity (Wildman–Crippen MR) is 99.0 cm³/mol. The number of hydrogen-bond acceptors (Lipinski definition) is 2. The highest BCUT2D eigenvalue weighted by Gasteiger charge is 2.05. The van der Waals surface area contributed by atoms with Crippen LogP contribution < -0.4 is 10.6 Å². The summed E-state index contributed by atoms with van der Waals surface area (Å²) in [7, 11) is 0. The van der Waals surface area contributed by atoms with Gasteiger partial charge in [0.05, 0.1) is 29.1 Å². The van der Waals surface area contributed by atoms with Crippen LogP contribution in [0.5, 0.6) is 0 Å². The van der Waals surface area contributed by atoms with Gasteiger partial charge in [0.1, 0.15) is 5.82 Å². The number of para-hydroxylation sites is 1. The van der Waals surface area contributed by atoms with Gasteiger partial charge in [-0.05, 0) is 42.0 Å². The fourth-order valence-corrected chi connectivity index (χ4v) is 2.55. The summed E-state index contributed by atoms with van der Waals surface area (Å²) in [6, 6.07) is 13.7. The summed E-state index contributed by atoms with van der Waals surface area (Å²) in [5.41, 5.74) is 2.44. The highest BCUT2D eigenvalue weighted by atomic mass is 35.5. The molecule has 2 aromatic carbocycles. The van der Waals surface area contributed by atoms with Gasteiger partial charge in [0.2, 0.25) is 0 Å². The SMILES string of the molecule is Fc1ccc(Cn2cc(NC(=S)Nc3ccccc3Cl)cn2)cc1. The minimum Gasteiger partial charge on any atom is -0.331 e. The maximum atomic E-state index is 12.9. The molecule has 122 valence electrons. The number of anilines is 2. The predicted octanol–water partition coefficient (Wildman–Crippen LogP) is 4.53. The van der Waals surface area contributed by atoms with E-state index < -0.39 is 0 Å². The summed E-state index contributed by atoms with van der Waals surface area (Å²) in [4.78, 5) is 0. The van der Waals surface area contributed by atoms with Crippen LogP contribution in [0.4, 0.5) is 15.8 Å². The summed E-state index contributed by atoms with van der Waals surface area (Å²) in [5.74, 6) is -0.252. The van der Waals surface area contributed by atoms with Crippen LogP contribution in [0, 0.1) is 5.82 Å². The van der Waals surface area contributed by atoms with E-state index in [9.17, 15) is 4.39 Å². The molecule has 0 aliphatic heterocycles. The van der Waals surface area contributed by atoms with E-state index >= 15 is 0 Å². The molecule has 0 radical (unpaired) electrons. The van der Waals surface area contributed by atoms with Gasteiger partial charge in [-0.25, -0.2) is 4.39 Å². The molecule has 7 heteroatoms. The van der Waals surface area contributed by atoms with Crippen LogP contribution in [0.2, 0.25) is 5.02 Å². The van der Waals surface area contributed by atoms with Gasteiger partial charge in [0.25, 0.3) is 0 Å². The van der Waals surface area contributed by atoms with Crippen LogP contribution in [-0.2, 0) is 6.54 Å². The lowest BCUT2D eigenvalue weighted by Crippen LogP contribution is -2.18. The molecule has 0 spiro atoms. The molecule has 24 heavy (non-hydrogen) atoms. The van der Waals surface area contributed by atoms with Gasteiger partial charge in [-0.3, -0.25) is 4.68 Å². The Balaban J connectivity index is 1.60. The number of hydrogen-bond donors (Lipinski definition) is 2. The maximum absolute atomic E-state index is 12.9. The van der Waals surface area contributed by atoms with Gasteiger partial charge >= 0.3 is 0 Å². The molecule has 0 saturated heterocycles. The quantitative estimate of drug-likeness (QED) is 0.671. The molecule has 0 atom stereocenters. The van der Waals surface area contributed by atoms with Crippen molar-refractivity contribution in [1.82, 2.24) is 9.78 Å². The third-order valence-electron chi connectivity index (χ3n) is 3.27. The van der Waals surface area contributed by atoms with Crippen LogP contribution >= 0.6 is 23.8 Å². The Kier molecular flexibility index (Phi) is 5.08. The molecule has 1 heterocycles. The zero-order chi connectivity index (χ0) is 16.9. The van der Waals surface area contributed by atoms with Crippen molar-refractivity contribution in [3.8, 4) is 0 Å². The van der Waals surface area contributed by atoms with Crippen molar-refractivity contribution in [2.45, 2.75) is 6.54 Å².